The SMILES string of the molecule is CCOC(=O)c1coc(OC(C)COC)n1. The number of oxazole rings is 1. The molecule has 0 fully saturated rings. The van der Waals surface area contributed by atoms with Gasteiger partial charge in [-0.25, -0.2) is 4.79 Å². The van der Waals surface area contributed by atoms with Gasteiger partial charge in [0.2, 0.25) is 0 Å². The fourth-order valence-electron chi connectivity index (χ4n) is 1.05. The number of carbonyl (C=O) groups is 1. The third-order valence-corrected chi connectivity index (χ3v) is 1.67. The Bertz CT molecular complexity index is 336. The average molecular weight is 229 g/mol. The van der Waals surface area contributed by atoms with Crippen molar-refractivity contribution in [2.75, 3.05) is 20.3 Å². The van der Waals surface area contributed by atoms with Crippen LogP contribution in [0, 0.1) is 0 Å². The molecule has 0 aromatic carbocycles. The molecule has 0 spiro atoms. The molecule has 6 heteroatoms. The third-order valence-electron chi connectivity index (χ3n) is 1.67. The molecule has 1 heterocycles. The number of ether oxygens (including phenoxy) is 3. The zero-order chi connectivity index (χ0) is 12.0. The van der Waals surface area contributed by atoms with E-state index in [1.54, 1.807) is 21.0 Å². The smallest absolute Gasteiger partial charge is 0.394 e. The standard InChI is InChI=1S/C10H15NO5/c1-4-14-9(12)8-6-15-10(11-8)16-7(2)5-13-3/h6-7H,4-5H2,1-3H3. The average Bonchev–Trinajstić information content (AvgIpc) is 2.67. The van der Waals surface area contributed by atoms with Crippen LogP contribution in [0.1, 0.15) is 24.3 Å². The van der Waals surface area contributed by atoms with Crippen LogP contribution < -0.4 is 4.74 Å². The summed E-state index contributed by atoms with van der Waals surface area (Å²) in [6, 6.07) is 0. The molecular formula is C10H15NO5. The van der Waals surface area contributed by atoms with E-state index in [1.807, 2.05) is 0 Å². The van der Waals surface area contributed by atoms with Gasteiger partial charge in [0, 0.05) is 7.11 Å². The lowest BCUT2D eigenvalue weighted by Gasteiger charge is -2.08. The fourth-order valence-corrected chi connectivity index (χ4v) is 1.05. The van der Waals surface area contributed by atoms with Gasteiger partial charge in [-0.3, -0.25) is 0 Å². The van der Waals surface area contributed by atoms with E-state index in [4.69, 9.17) is 18.6 Å². The largest absolute Gasteiger partial charge is 0.461 e. The first-order valence-electron chi connectivity index (χ1n) is 4.95. The highest BCUT2D eigenvalue weighted by Gasteiger charge is 2.15. The zero-order valence-corrected chi connectivity index (χ0v) is 9.56. The molecular weight excluding hydrogens is 214 g/mol. The number of carbonyl (C=O) groups excluding carboxylic acids is 1. The lowest BCUT2D eigenvalue weighted by Crippen LogP contribution is -2.18. The Hall–Kier alpha value is -1.56. The van der Waals surface area contributed by atoms with Crippen molar-refractivity contribution in [3.63, 3.8) is 0 Å². The first kappa shape index (κ1) is 12.5. The van der Waals surface area contributed by atoms with E-state index < -0.39 is 5.97 Å². The van der Waals surface area contributed by atoms with Gasteiger partial charge < -0.3 is 18.6 Å². The summed E-state index contributed by atoms with van der Waals surface area (Å²) in [5, 5.41) is 0. The van der Waals surface area contributed by atoms with E-state index in [0.717, 1.165) is 0 Å². The van der Waals surface area contributed by atoms with Crippen LogP contribution >= 0.6 is 0 Å². The van der Waals surface area contributed by atoms with Crippen molar-refractivity contribution < 1.29 is 23.4 Å². The second-order valence-corrected chi connectivity index (χ2v) is 3.10. The quantitative estimate of drug-likeness (QED) is 0.684. The van der Waals surface area contributed by atoms with E-state index in [0.29, 0.717) is 13.2 Å². The molecule has 16 heavy (non-hydrogen) atoms. The second kappa shape index (κ2) is 6.12. The predicted molar refractivity (Wildman–Crippen MR) is 54.4 cm³/mol. The minimum atomic E-state index is -0.527. The number of nitrogens with zero attached hydrogens (tertiary/aromatic N) is 1. The maximum Gasteiger partial charge on any atom is 0.394 e. The van der Waals surface area contributed by atoms with E-state index in [2.05, 4.69) is 4.98 Å². The summed E-state index contributed by atoms with van der Waals surface area (Å²) >= 11 is 0. The maximum absolute atomic E-state index is 11.2. The molecule has 0 aliphatic rings. The molecule has 0 aliphatic heterocycles. The highest BCUT2D eigenvalue weighted by molar-refractivity contribution is 5.86. The van der Waals surface area contributed by atoms with Crippen molar-refractivity contribution in [1.82, 2.24) is 4.98 Å². The maximum atomic E-state index is 11.2. The van der Waals surface area contributed by atoms with Crippen LogP contribution in [0.15, 0.2) is 10.7 Å². The molecule has 0 radical (unpaired) electrons. The topological polar surface area (TPSA) is 70.8 Å². The number of aromatic nitrogens is 1. The molecule has 0 aliphatic carbocycles. The highest BCUT2D eigenvalue weighted by Crippen LogP contribution is 2.12. The Morgan fingerprint density at radius 3 is 3.00 bits per heavy atom. The summed E-state index contributed by atoms with van der Waals surface area (Å²) in [4.78, 5) is 15.1. The van der Waals surface area contributed by atoms with Gasteiger partial charge in [-0.1, -0.05) is 0 Å². The second-order valence-electron chi connectivity index (χ2n) is 3.10. The molecule has 1 aromatic rings. The van der Waals surface area contributed by atoms with Crippen molar-refractivity contribution in [3.05, 3.63) is 12.0 Å². The molecule has 1 rings (SSSR count). The molecule has 0 bridgehead atoms. The van der Waals surface area contributed by atoms with Gasteiger partial charge >= 0.3 is 12.0 Å². The Balaban J connectivity index is 2.54. The Morgan fingerprint density at radius 1 is 1.62 bits per heavy atom. The molecule has 1 atom stereocenters. The molecule has 1 aromatic heterocycles. The number of rotatable bonds is 6. The lowest BCUT2D eigenvalue weighted by molar-refractivity contribution is 0.0517. The van der Waals surface area contributed by atoms with Crippen molar-refractivity contribution in [3.8, 4) is 6.08 Å². The van der Waals surface area contributed by atoms with Gasteiger partial charge in [0.1, 0.15) is 12.4 Å². The minimum absolute atomic E-state index is 0.0348. The summed E-state index contributed by atoms with van der Waals surface area (Å²) in [7, 11) is 1.57. The van der Waals surface area contributed by atoms with E-state index in [1.165, 1.54) is 6.26 Å². The zero-order valence-electron chi connectivity index (χ0n) is 9.56. The molecule has 90 valence electrons. The lowest BCUT2D eigenvalue weighted by atomic mass is 10.4. The monoisotopic (exact) mass is 229 g/mol. The summed E-state index contributed by atoms with van der Waals surface area (Å²) in [6.45, 7) is 4.23. The summed E-state index contributed by atoms with van der Waals surface area (Å²) in [5.74, 6) is -0.527. The number of methoxy groups -OCH3 is 1. The van der Waals surface area contributed by atoms with E-state index in [-0.39, 0.29) is 17.9 Å². The normalized spacial score (nSPS) is 12.2. The molecule has 0 saturated carbocycles. The Labute approximate surface area is 93.5 Å². The molecule has 0 amide bonds. The highest BCUT2D eigenvalue weighted by atomic mass is 16.6. The summed E-state index contributed by atoms with van der Waals surface area (Å²) in [5.41, 5.74) is 0.0986. The van der Waals surface area contributed by atoms with Crippen LogP contribution in [-0.4, -0.2) is 37.4 Å². The van der Waals surface area contributed by atoms with Crippen LogP contribution in [0.4, 0.5) is 0 Å². The Morgan fingerprint density at radius 2 is 2.38 bits per heavy atom. The summed E-state index contributed by atoms with van der Waals surface area (Å²) < 4.78 is 19.8. The molecule has 6 nitrogen and oxygen atoms in total. The summed E-state index contributed by atoms with van der Waals surface area (Å²) in [6.07, 6.45) is 1.04. The van der Waals surface area contributed by atoms with Crippen molar-refractivity contribution in [2.24, 2.45) is 0 Å². The number of hydrogen-bond donors (Lipinski definition) is 0. The van der Waals surface area contributed by atoms with Crippen LogP contribution in [0.25, 0.3) is 0 Å². The van der Waals surface area contributed by atoms with Crippen LogP contribution in [0.3, 0.4) is 0 Å². The molecule has 0 N–H and O–H groups in total. The molecule has 1 unspecified atom stereocenters. The molecule has 0 saturated heterocycles. The predicted octanol–water partition coefficient (Wildman–Crippen LogP) is 1.26. The van der Waals surface area contributed by atoms with Gasteiger partial charge in [0.05, 0.1) is 13.2 Å². The first-order chi connectivity index (χ1) is 7.67. The van der Waals surface area contributed by atoms with Crippen molar-refractivity contribution in [1.29, 1.82) is 0 Å². The Kier molecular flexibility index (Phi) is 4.78. The van der Waals surface area contributed by atoms with Crippen molar-refractivity contribution in [2.45, 2.75) is 20.0 Å². The van der Waals surface area contributed by atoms with Gasteiger partial charge in [-0.05, 0) is 13.8 Å². The van der Waals surface area contributed by atoms with Gasteiger partial charge in [0.15, 0.2) is 5.69 Å². The minimum Gasteiger partial charge on any atom is -0.461 e. The van der Waals surface area contributed by atoms with Crippen molar-refractivity contribution >= 4 is 5.97 Å². The number of esters is 1. The van der Waals surface area contributed by atoms with Gasteiger partial charge in [-0.2, -0.15) is 4.98 Å². The number of hydrogen-bond acceptors (Lipinski definition) is 6. The van der Waals surface area contributed by atoms with E-state index in [9.17, 15) is 4.79 Å². The van der Waals surface area contributed by atoms with Gasteiger partial charge in [0.25, 0.3) is 0 Å². The van der Waals surface area contributed by atoms with Crippen LogP contribution in [0.5, 0.6) is 6.08 Å². The fraction of sp³-hybridized carbons (Fsp3) is 0.600. The van der Waals surface area contributed by atoms with E-state index >= 15 is 0 Å². The first-order valence-corrected chi connectivity index (χ1v) is 4.95. The van der Waals surface area contributed by atoms with Crippen LogP contribution in [0.2, 0.25) is 0 Å². The van der Waals surface area contributed by atoms with Gasteiger partial charge in [-0.15, -0.1) is 0 Å². The van der Waals surface area contributed by atoms with Crippen LogP contribution in [-0.2, 0) is 9.47 Å². The third kappa shape index (κ3) is 3.54.